The van der Waals surface area contributed by atoms with Gasteiger partial charge in [-0.1, -0.05) is 30.3 Å². The van der Waals surface area contributed by atoms with Crippen molar-refractivity contribution in [2.24, 2.45) is 0 Å². The molecular weight excluding hydrogens is 222 g/mol. The molecule has 2 rings (SSSR count). The Labute approximate surface area is 97.7 Å². The fourth-order valence-corrected chi connectivity index (χ4v) is 2.11. The molecule has 1 aromatic carbocycles. The lowest BCUT2D eigenvalue weighted by molar-refractivity contribution is -0.144. The molecular formula is C12H11NO2S. The second-order valence-corrected chi connectivity index (χ2v) is 4.20. The molecule has 1 aromatic heterocycles. The zero-order valence-corrected chi connectivity index (χ0v) is 9.61. The lowest BCUT2D eigenvalue weighted by Crippen LogP contribution is -2.09. The minimum absolute atomic E-state index is 0.302. The van der Waals surface area contributed by atoms with Gasteiger partial charge in [0.2, 0.25) is 0 Å². The van der Waals surface area contributed by atoms with Gasteiger partial charge in [-0.2, -0.15) is 0 Å². The van der Waals surface area contributed by atoms with Crippen LogP contribution in [0, 0.1) is 0 Å². The topological polar surface area (TPSA) is 39.2 Å². The van der Waals surface area contributed by atoms with Gasteiger partial charge in [-0.05, 0) is 5.56 Å². The van der Waals surface area contributed by atoms with Crippen LogP contribution >= 0.6 is 11.3 Å². The molecule has 0 aliphatic heterocycles. The van der Waals surface area contributed by atoms with E-state index in [9.17, 15) is 4.79 Å². The molecule has 1 heterocycles. The molecule has 1 atom stereocenters. The smallest absolute Gasteiger partial charge is 0.303 e. The number of hydrogen-bond acceptors (Lipinski definition) is 4. The summed E-state index contributed by atoms with van der Waals surface area (Å²) in [4.78, 5) is 15.3. The minimum Gasteiger partial charge on any atom is -0.450 e. The van der Waals surface area contributed by atoms with Crippen LogP contribution in [0.3, 0.4) is 0 Å². The summed E-state index contributed by atoms with van der Waals surface area (Å²) in [5.41, 5.74) is 0.938. The van der Waals surface area contributed by atoms with E-state index in [1.54, 1.807) is 6.20 Å². The lowest BCUT2D eigenvalue weighted by Gasteiger charge is -2.14. The van der Waals surface area contributed by atoms with Gasteiger partial charge in [-0.25, -0.2) is 4.98 Å². The van der Waals surface area contributed by atoms with Crippen molar-refractivity contribution in [2.75, 3.05) is 0 Å². The van der Waals surface area contributed by atoms with Crippen LogP contribution in [-0.4, -0.2) is 11.0 Å². The molecule has 82 valence electrons. The maximum atomic E-state index is 11.1. The molecule has 0 fully saturated rings. The molecule has 4 heteroatoms. The normalized spacial score (nSPS) is 12.1. The van der Waals surface area contributed by atoms with Gasteiger partial charge in [-0.15, -0.1) is 11.3 Å². The van der Waals surface area contributed by atoms with Crippen molar-refractivity contribution in [2.45, 2.75) is 13.0 Å². The number of rotatable bonds is 3. The molecule has 0 amide bonds. The van der Waals surface area contributed by atoms with Crippen molar-refractivity contribution in [3.05, 3.63) is 52.5 Å². The average Bonchev–Trinajstić information content (AvgIpc) is 2.80. The highest BCUT2D eigenvalue weighted by molar-refractivity contribution is 7.09. The molecule has 0 bridgehead atoms. The quantitative estimate of drug-likeness (QED) is 0.765. The highest BCUT2D eigenvalue weighted by Gasteiger charge is 2.19. The molecule has 0 aliphatic rings. The van der Waals surface area contributed by atoms with Gasteiger partial charge in [0, 0.05) is 18.5 Å². The van der Waals surface area contributed by atoms with Crippen LogP contribution in [0.15, 0.2) is 41.9 Å². The summed E-state index contributed by atoms with van der Waals surface area (Å²) in [6, 6.07) is 9.61. The average molecular weight is 233 g/mol. The molecule has 1 unspecified atom stereocenters. The second kappa shape index (κ2) is 4.90. The lowest BCUT2D eigenvalue weighted by atomic mass is 10.1. The van der Waals surface area contributed by atoms with Gasteiger partial charge in [0.25, 0.3) is 0 Å². The highest BCUT2D eigenvalue weighted by Crippen LogP contribution is 2.27. The van der Waals surface area contributed by atoms with E-state index in [1.807, 2.05) is 35.7 Å². The van der Waals surface area contributed by atoms with Crippen LogP contribution in [0.2, 0.25) is 0 Å². The van der Waals surface area contributed by atoms with Crippen molar-refractivity contribution in [1.82, 2.24) is 4.98 Å². The number of carbonyl (C=O) groups is 1. The van der Waals surface area contributed by atoms with Crippen LogP contribution in [0.25, 0.3) is 0 Å². The Balaban J connectivity index is 2.32. The van der Waals surface area contributed by atoms with E-state index in [4.69, 9.17) is 4.74 Å². The first-order chi connectivity index (χ1) is 7.77. The third-order valence-corrected chi connectivity index (χ3v) is 2.88. The van der Waals surface area contributed by atoms with E-state index in [-0.39, 0.29) is 5.97 Å². The molecule has 3 nitrogen and oxygen atoms in total. The first-order valence-electron chi connectivity index (χ1n) is 4.89. The van der Waals surface area contributed by atoms with E-state index in [2.05, 4.69) is 4.98 Å². The Bertz CT molecular complexity index is 453. The van der Waals surface area contributed by atoms with Gasteiger partial charge >= 0.3 is 5.97 Å². The maximum Gasteiger partial charge on any atom is 0.303 e. The molecule has 16 heavy (non-hydrogen) atoms. The Morgan fingerprint density at radius 3 is 2.69 bits per heavy atom. The van der Waals surface area contributed by atoms with Gasteiger partial charge in [-0.3, -0.25) is 4.79 Å². The Morgan fingerprint density at radius 2 is 2.12 bits per heavy atom. The summed E-state index contributed by atoms with van der Waals surface area (Å²) >= 11 is 1.48. The number of thiazole rings is 1. The van der Waals surface area contributed by atoms with Gasteiger partial charge in [0.15, 0.2) is 6.10 Å². The van der Waals surface area contributed by atoms with E-state index >= 15 is 0 Å². The molecule has 0 N–H and O–H groups in total. The number of nitrogens with zero attached hydrogens (tertiary/aromatic N) is 1. The van der Waals surface area contributed by atoms with Crippen LogP contribution in [0.4, 0.5) is 0 Å². The zero-order chi connectivity index (χ0) is 11.4. The van der Waals surface area contributed by atoms with E-state index in [0.29, 0.717) is 0 Å². The monoisotopic (exact) mass is 233 g/mol. The number of esters is 1. The summed E-state index contributed by atoms with van der Waals surface area (Å²) in [7, 11) is 0. The summed E-state index contributed by atoms with van der Waals surface area (Å²) in [6.07, 6.45) is 1.32. The Morgan fingerprint density at radius 1 is 1.38 bits per heavy atom. The molecule has 0 aliphatic carbocycles. The van der Waals surface area contributed by atoms with Gasteiger partial charge < -0.3 is 4.74 Å². The van der Waals surface area contributed by atoms with Crippen molar-refractivity contribution >= 4 is 17.3 Å². The molecule has 0 saturated heterocycles. The standard InChI is InChI=1S/C12H11NO2S/c1-9(14)15-11(12-13-7-8-16-12)10-5-3-2-4-6-10/h2-8,11H,1H3. The number of carbonyl (C=O) groups excluding carboxylic acids is 1. The number of aromatic nitrogens is 1. The summed E-state index contributed by atoms with van der Waals surface area (Å²) in [5.74, 6) is -0.302. The van der Waals surface area contributed by atoms with Crippen LogP contribution < -0.4 is 0 Å². The predicted octanol–water partition coefficient (Wildman–Crippen LogP) is 2.80. The minimum atomic E-state index is -0.390. The SMILES string of the molecule is CC(=O)OC(c1ccccc1)c1nccs1. The molecule has 0 saturated carbocycles. The molecule has 0 radical (unpaired) electrons. The van der Waals surface area contributed by atoms with Crippen LogP contribution in [0.5, 0.6) is 0 Å². The van der Waals surface area contributed by atoms with Crippen LogP contribution in [0.1, 0.15) is 23.6 Å². The van der Waals surface area contributed by atoms with Crippen molar-refractivity contribution in [3.63, 3.8) is 0 Å². The highest BCUT2D eigenvalue weighted by atomic mass is 32.1. The molecule has 2 aromatic rings. The first kappa shape index (κ1) is 10.8. The maximum absolute atomic E-state index is 11.1. The number of hydrogen-bond donors (Lipinski definition) is 0. The third-order valence-electron chi connectivity index (χ3n) is 2.06. The number of ether oxygens (including phenoxy) is 1. The van der Waals surface area contributed by atoms with Gasteiger partial charge in [0.1, 0.15) is 5.01 Å². The van der Waals surface area contributed by atoms with Crippen molar-refractivity contribution in [1.29, 1.82) is 0 Å². The molecule has 0 spiro atoms. The largest absolute Gasteiger partial charge is 0.450 e. The summed E-state index contributed by atoms with van der Waals surface area (Å²) in [6.45, 7) is 1.41. The number of benzene rings is 1. The fraction of sp³-hybridized carbons (Fsp3) is 0.167. The van der Waals surface area contributed by atoms with Crippen molar-refractivity contribution in [3.8, 4) is 0 Å². The van der Waals surface area contributed by atoms with Gasteiger partial charge in [0.05, 0.1) is 0 Å². The van der Waals surface area contributed by atoms with E-state index < -0.39 is 6.10 Å². The van der Waals surface area contributed by atoms with Crippen LogP contribution in [-0.2, 0) is 9.53 Å². The zero-order valence-electron chi connectivity index (χ0n) is 8.79. The van der Waals surface area contributed by atoms with E-state index in [0.717, 1.165) is 10.6 Å². The Hall–Kier alpha value is -1.68. The van der Waals surface area contributed by atoms with Crippen molar-refractivity contribution < 1.29 is 9.53 Å². The summed E-state index contributed by atoms with van der Waals surface area (Å²) in [5, 5.41) is 2.66. The predicted molar refractivity (Wildman–Crippen MR) is 62.2 cm³/mol. The fourth-order valence-electron chi connectivity index (χ4n) is 1.42. The summed E-state index contributed by atoms with van der Waals surface area (Å²) < 4.78 is 5.29. The Kier molecular flexibility index (Phi) is 3.31. The second-order valence-electron chi connectivity index (χ2n) is 3.27. The third kappa shape index (κ3) is 2.46. The van der Waals surface area contributed by atoms with E-state index in [1.165, 1.54) is 18.3 Å². The first-order valence-corrected chi connectivity index (χ1v) is 5.77.